The van der Waals surface area contributed by atoms with Gasteiger partial charge >= 0.3 is 0 Å². The van der Waals surface area contributed by atoms with Gasteiger partial charge in [0.15, 0.2) is 5.78 Å². The van der Waals surface area contributed by atoms with Crippen molar-refractivity contribution >= 4 is 39.0 Å². The Morgan fingerprint density at radius 1 is 1.21 bits per heavy atom. The Labute approximate surface area is 148 Å². The van der Waals surface area contributed by atoms with Crippen molar-refractivity contribution in [1.29, 1.82) is 5.26 Å². The van der Waals surface area contributed by atoms with Crippen LogP contribution < -0.4 is 10.6 Å². The van der Waals surface area contributed by atoms with E-state index in [0.717, 1.165) is 10.0 Å². The minimum Gasteiger partial charge on any atom is -0.376 e. The van der Waals surface area contributed by atoms with Crippen LogP contribution in [0.2, 0.25) is 0 Å². The number of nitriles is 1. The van der Waals surface area contributed by atoms with Crippen LogP contribution in [0.25, 0.3) is 0 Å². The fourth-order valence-electron chi connectivity index (χ4n) is 2.17. The normalized spacial score (nSPS) is 9.92. The number of nitrogens with zero attached hydrogens (tertiary/aromatic N) is 1. The van der Waals surface area contributed by atoms with Crippen molar-refractivity contribution in [3.8, 4) is 6.07 Å². The van der Waals surface area contributed by atoms with Gasteiger partial charge in [-0.3, -0.25) is 9.59 Å². The Hall–Kier alpha value is -2.65. The van der Waals surface area contributed by atoms with Crippen LogP contribution >= 0.6 is 15.9 Å². The van der Waals surface area contributed by atoms with Gasteiger partial charge in [0.25, 0.3) is 0 Å². The molecule has 2 N–H and O–H groups in total. The lowest BCUT2D eigenvalue weighted by atomic mass is 10.1. The minimum atomic E-state index is -0.242. The Morgan fingerprint density at radius 3 is 2.58 bits per heavy atom. The second-order valence-electron chi connectivity index (χ2n) is 5.29. The number of halogens is 1. The molecular formula is C18H16BrN3O2. The van der Waals surface area contributed by atoms with Crippen LogP contribution in [-0.2, 0) is 4.79 Å². The molecule has 0 heterocycles. The maximum atomic E-state index is 12.1. The molecule has 24 heavy (non-hydrogen) atoms. The van der Waals surface area contributed by atoms with E-state index in [2.05, 4.69) is 26.6 Å². The van der Waals surface area contributed by atoms with E-state index in [-0.39, 0.29) is 18.2 Å². The predicted molar refractivity (Wildman–Crippen MR) is 97.2 cm³/mol. The first-order valence-electron chi connectivity index (χ1n) is 7.25. The predicted octanol–water partition coefficient (Wildman–Crippen LogP) is 3.88. The smallest absolute Gasteiger partial charge is 0.243 e. The molecule has 0 fully saturated rings. The van der Waals surface area contributed by atoms with E-state index in [9.17, 15) is 9.59 Å². The molecule has 0 radical (unpaired) electrons. The van der Waals surface area contributed by atoms with Crippen molar-refractivity contribution in [2.24, 2.45) is 0 Å². The quantitative estimate of drug-likeness (QED) is 0.764. The maximum absolute atomic E-state index is 12.1. The third-order valence-corrected chi connectivity index (χ3v) is 4.30. The Balaban J connectivity index is 2.07. The zero-order chi connectivity index (χ0) is 17.7. The lowest BCUT2D eigenvalue weighted by Gasteiger charge is -2.11. The van der Waals surface area contributed by atoms with Gasteiger partial charge < -0.3 is 10.6 Å². The van der Waals surface area contributed by atoms with E-state index in [4.69, 9.17) is 5.26 Å². The van der Waals surface area contributed by atoms with Crippen LogP contribution in [0.3, 0.4) is 0 Å². The van der Waals surface area contributed by atoms with E-state index in [1.807, 2.05) is 25.1 Å². The Kier molecular flexibility index (Phi) is 5.72. The molecule has 2 rings (SSSR count). The molecule has 0 aliphatic carbocycles. The number of ketones is 1. The highest BCUT2D eigenvalue weighted by atomic mass is 79.9. The lowest BCUT2D eigenvalue weighted by molar-refractivity contribution is -0.114. The fraction of sp³-hybridized carbons (Fsp3) is 0.167. The third kappa shape index (κ3) is 4.43. The Morgan fingerprint density at radius 2 is 1.96 bits per heavy atom. The van der Waals surface area contributed by atoms with Gasteiger partial charge in [0.05, 0.1) is 18.2 Å². The number of rotatable bonds is 5. The first-order chi connectivity index (χ1) is 11.4. The molecule has 0 bridgehead atoms. The number of benzene rings is 2. The summed E-state index contributed by atoms with van der Waals surface area (Å²) in [6, 6.07) is 12.3. The molecule has 0 saturated heterocycles. The molecule has 0 unspecified atom stereocenters. The van der Waals surface area contributed by atoms with Crippen LogP contribution in [0, 0.1) is 18.3 Å². The molecular weight excluding hydrogens is 370 g/mol. The van der Waals surface area contributed by atoms with Gasteiger partial charge in [-0.25, -0.2) is 0 Å². The fourth-order valence-corrected chi connectivity index (χ4v) is 2.42. The summed E-state index contributed by atoms with van der Waals surface area (Å²) in [6.45, 7) is 3.37. The van der Waals surface area contributed by atoms with Gasteiger partial charge in [0.2, 0.25) is 5.91 Å². The number of aryl methyl sites for hydroxylation is 1. The summed E-state index contributed by atoms with van der Waals surface area (Å²) in [5, 5.41) is 14.7. The summed E-state index contributed by atoms with van der Waals surface area (Å²) < 4.78 is 0.970. The molecule has 0 aliphatic rings. The maximum Gasteiger partial charge on any atom is 0.243 e. The molecule has 0 aliphatic heterocycles. The van der Waals surface area contributed by atoms with Crippen molar-refractivity contribution in [3.63, 3.8) is 0 Å². The van der Waals surface area contributed by atoms with Crippen LogP contribution in [0.15, 0.2) is 40.9 Å². The van der Waals surface area contributed by atoms with Gasteiger partial charge in [-0.05, 0) is 55.8 Å². The first-order valence-corrected chi connectivity index (χ1v) is 8.05. The Bertz CT molecular complexity index is 841. The van der Waals surface area contributed by atoms with Crippen molar-refractivity contribution in [2.75, 3.05) is 17.2 Å². The molecule has 2 aromatic carbocycles. The topological polar surface area (TPSA) is 82.0 Å². The molecule has 2 aromatic rings. The summed E-state index contributed by atoms with van der Waals surface area (Å²) in [5.41, 5.74) is 3.05. The molecule has 5 nitrogen and oxygen atoms in total. The highest BCUT2D eigenvalue weighted by Crippen LogP contribution is 2.20. The number of anilines is 2. The first kappa shape index (κ1) is 17.7. The SMILES string of the molecule is CC(=O)c1ccc(C#N)cc1NCC(=O)Nc1ccc(Br)c(C)c1. The zero-order valence-electron chi connectivity index (χ0n) is 13.3. The van der Waals surface area contributed by atoms with Crippen molar-refractivity contribution in [1.82, 2.24) is 0 Å². The summed E-state index contributed by atoms with van der Waals surface area (Å²) >= 11 is 3.41. The lowest BCUT2D eigenvalue weighted by Crippen LogP contribution is -2.22. The number of amides is 1. The van der Waals surface area contributed by atoms with Gasteiger partial charge in [0, 0.05) is 21.4 Å². The van der Waals surface area contributed by atoms with Crippen LogP contribution in [-0.4, -0.2) is 18.2 Å². The monoisotopic (exact) mass is 385 g/mol. The summed E-state index contributed by atoms with van der Waals surface area (Å²) in [4.78, 5) is 23.7. The standard InChI is InChI=1S/C18H16BrN3O2/c1-11-7-14(4-6-16(11)19)22-18(24)10-21-17-8-13(9-20)3-5-15(17)12(2)23/h3-8,21H,10H2,1-2H3,(H,22,24). The van der Waals surface area contributed by atoms with Crippen LogP contribution in [0.1, 0.15) is 28.4 Å². The summed E-state index contributed by atoms with van der Waals surface area (Å²) in [7, 11) is 0. The van der Waals surface area contributed by atoms with Gasteiger partial charge in [-0.15, -0.1) is 0 Å². The van der Waals surface area contributed by atoms with Crippen LogP contribution in [0.4, 0.5) is 11.4 Å². The average Bonchev–Trinajstić information content (AvgIpc) is 2.56. The molecule has 0 aromatic heterocycles. The number of hydrogen-bond acceptors (Lipinski definition) is 4. The van der Waals surface area contributed by atoms with Crippen molar-refractivity contribution < 1.29 is 9.59 Å². The van der Waals surface area contributed by atoms with E-state index >= 15 is 0 Å². The van der Waals surface area contributed by atoms with E-state index in [1.54, 1.807) is 24.3 Å². The van der Waals surface area contributed by atoms with Gasteiger partial charge in [-0.1, -0.05) is 15.9 Å². The second kappa shape index (κ2) is 7.75. The third-order valence-electron chi connectivity index (χ3n) is 3.41. The van der Waals surface area contributed by atoms with Gasteiger partial charge in [-0.2, -0.15) is 5.26 Å². The highest BCUT2D eigenvalue weighted by molar-refractivity contribution is 9.10. The van der Waals surface area contributed by atoms with Crippen molar-refractivity contribution in [3.05, 3.63) is 57.6 Å². The summed E-state index contributed by atoms with van der Waals surface area (Å²) in [6.07, 6.45) is 0. The highest BCUT2D eigenvalue weighted by Gasteiger charge is 2.10. The largest absolute Gasteiger partial charge is 0.376 e. The van der Waals surface area contributed by atoms with Crippen molar-refractivity contribution in [2.45, 2.75) is 13.8 Å². The molecule has 0 spiro atoms. The molecule has 122 valence electrons. The number of carbonyl (C=O) groups is 2. The zero-order valence-corrected chi connectivity index (χ0v) is 14.9. The van der Waals surface area contributed by atoms with Crippen LogP contribution in [0.5, 0.6) is 0 Å². The van der Waals surface area contributed by atoms with E-state index in [0.29, 0.717) is 22.5 Å². The second-order valence-corrected chi connectivity index (χ2v) is 6.15. The number of nitrogens with one attached hydrogen (secondary N) is 2. The van der Waals surface area contributed by atoms with Gasteiger partial charge in [0.1, 0.15) is 0 Å². The molecule has 0 atom stereocenters. The average molecular weight is 386 g/mol. The molecule has 6 heteroatoms. The number of hydrogen-bond donors (Lipinski definition) is 2. The van der Waals surface area contributed by atoms with E-state index < -0.39 is 0 Å². The molecule has 0 saturated carbocycles. The van der Waals surface area contributed by atoms with E-state index in [1.165, 1.54) is 6.92 Å². The number of Topliss-reactive ketones (excluding diaryl/α,β-unsaturated/α-hetero) is 1. The number of carbonyl (C=O) groups excluding carboxylic acids is 2. The minimum absolute atomic E-state index is 0.00965. The summed E-state index contributed by atoms with van der Waals surface area (Å²) in [5.74, 6) is -0.375. The molecule has 1 amide bonds.